The zero-order valence-electron chi connectivity index (χ0n) is 19.3. The van der Waals surface area contributed by atoms with E-state index in [1.165, 1.54) is 0 Å². The lowest BCUT2D eigenvalue weighted by Crippen LogP contribution is -2.15. The highest BCUT2D eigenvalue weighted by Gasteiger charge is 2.32. The van der Waals surface area contributed by atoms with Gasteiger partial charge < -0.3 is 18.8 Å². The molecule has 0 atom stereocenters. The van der Waals surface area contributed by atoms with Gasteiger partial charge in [0.15, 0.2) is 11.5 Å². The molecule has 0 bridgehead atoms. The Balaban J connectivity index is 1.86. The van der Waals surface area contributed by atoms with E-state index in [0.717, 1.165) is 57.5 Å². The molecule has 0 saturated heterocycles. The van der Waals surface area contributed by atoms with Crippen molar-refractivity contribution in [1.29, 1.82) is 0 Å². The number of rotatable bonds is 5. The predicted octanol–water partition coefficient (Wildman–Crippen LogP) is 5.43. The van der Waals surface area contributed by atoms with Gasteiger partial charge in [0.05, 0.1) is 37.6 Å². The molecule has 33 heavy (non-hydrogen) atoms. The van der Waals surface area contributed by atoms with Crippen molar-refractivity contribution in [3.63, 3.8) is 0 Å². The largest absolute Gasteiger partial charge is 0.493 e. The number of hydrogen-bond donors (Lipinski definition) is 0. The van der Waals surface area contributed by atoms with Gasteiger partial charge in [0.25, 0.3) is 0 Å². The summed E-state index contributed by atoms with van der Waals surface area (Å²) >= 11 is 0. The molecule has 3 heterocycles. The molecule has 0 N–H and O–H groups in total. The molecule has 1 aliphatic heterocycles. The number of aromatic nitrogens is 2. The van der Waals surface area contributed by atoms with Crippen molar-refractivity contribution in [3.05, 3.63) is 65.5 Å². The maximum Gasteiger partial charge on any atom is 0.340 e. The van der Waals surface area contributed by atoms with E-state index in [4.69, 9.17) is 14.2 Å². The number of benzene rings is 2. The number of pyridine rings is 1. The van der Waals surface area contributed by atoms with Crippen LogP contribution in [0.1, 0.15) is 28.5 Å². The van der Waals surface area contributed by atoms with E-state index >= 15 is 0 Å². The maximum atomic E-state index is 13.4. The van der Waals surface area contributed by atoms with Crippen LogP contribution in [0.4, 0.5) is 0 Å². The Bertz CT molecular complexity index is 1380. The number of ether oxygens (including phenoxy) is 3. The summed E-state index contributed by atoms with van der Waals surface area (Å²) in [5.41, 5.74) is 7.33. The lowest BCUT2D eigenvalue weighted by atomic mass is 9.92. The summed E-state index contributed by atoms with van der Waals surface area (Å²) in [5, 5.41) is 1.00. The van der Waals surface area contributed by atoms with Crippen LogP contribution in [0, 0.1) is 6.92 Å². The van der Waals surface area contributed by atoms with E-state index in [1.807, 2.05) is 49.4 Å². The number of hydrogen-bond acceptors (Lipinski definition) is 5. The second kappa shape index (κ2) is 8.28. The summed E-state index contributed by atoms with van der Waals surface area (Å²) < 4.78 is 18.9. The molecule has 4 aromatic rings. The fraction of sp³-hybridized carbons (Fsp3) is 0.259. The number of carbonyl (C=O) groups is 1. The summed E-state index contributed by atoms with van der Waals surface area (Å²) in [6.45, 7) is 4.97. The second-order valence-corrected chi connectivity index (χ2v) is 8.05. The zero-order chi connectivity index (χ0) is 23.1. The van der Waals surface area contributed by atoms with Crippen molar-refractivity contribution in [2.24, 2.45) is 0 Å². The Hall–Kier alpha value is -3.80. The van der Waals surface area contributed by atoms with E-state index in [9.17, 15) is 4.79 Å². The minimum atomic E-state index is -0.326. The third-order valence-electron chi connectivity index (χ3n) is 6.39. The fourth-order valence-electron chi connectivity index (χ4n) is 4.92. The molecule has 0 saturated carbocycles. The molecule has 2 aromatic carbocycles. The molecule has 6 heteroatoms. The molecule has 6 nitrogen and oxygen atoms in total. The first-order chi connectivity index (χ1) is 16.1. The molecule has 5 rings (SSSR count). The first kappa shape index (κ1) is 21.1. The van der Waals surface area contributed by atoms with Gasteiger partial charge in [-0.15, -0.1) is 0 Å². The number of methoxy groups -OCH3 is 2. The van der Waals surface area contributed by atoms with Crippen molar-refractivity contribution in [3.8, 4) is 33.9 Å². The van der Waals surface area contributed by atoms with Crippen molar-refractivity contribution < 1.29 is 19.0 Å². The summed E-state index contributed by atoms with van der Waals surface area (Å²) in [6.07, 6.45) is 2.63. The first-order valence-electron chi connectivity index (χ1n) is 11.1. The summed E-state index contributed by atoms with van der Waals surface area (Å²) in [4.78, 5) is 18.0. The van der Waals surface area contributed by atoms with E-state index in [0.29, 0.717) is 23.7 Å². The van der Waals surface area contributed by atoms with Gasteiger partial charge in [0.2, 0.25) is 0 Å². The zero-order valence-corrected chi connectivity index (χ0v) is 19.3. The summed E-state index contributed by atoms with van der Waals surface area (Å²) in [7, 11) is 3.26. The smallest absolute Gasteiger partial charge is 0.340 e. The average Bonchev–Trinajstić information content (AvgIpc) is 3.15. The highest BCUT2D eigenvalue weighted by atomic mass is 16.5. The van der Waals surface area contributed by atoms with Gasteiger partial charge in [-0.3, -0.25) is 4.98 Å². The van der Waals surface area contributed by atoms with Crippen molar-refractivity contribution in [2.75, 3.05) is 20.8 Å². The minimum absolute atomic E-state index is 0.303. The van der Waals surface area contributed by atoms with Crippen LogP contribution in [0.2, 0.25) is 0 Å². The van der Waals surface area contributed by atoms with Crippen LogP contribution in [0.5, 0.6) is 11.5 Å². The normalized spacial score (nSPS) is 12.2. The van der Waals surface area contributed by atoms with E-state index in [1.54, 1.807) is 20.4 Å². The van der Waals surface area contributed by atoms with Crippen LogP contribution < -0.4 is 9.47 Å². The van der Waals surface area contributed by atoms with Crippen molar-refractivity contribution in [2.45, 2.75) is 26.8 Å². The molecule has 0 spiro atoms. The number of fused-ring (bicyclic) bond motifs is 4. The SMILES string of the molecule is CCOC(=O)c1c(-c2ccnc3ccccc23)c(C)n2c1-c1cc(OC)c(OC)cc1CC2. The average molecular weight is 443 g/mol. The topological polar surface area (TPSA) is 62.6 Å². The van der Waals surface area contributed by atoms with E-state index in [-0.39, 0.29) is 5.97 Å². The van der Waals surface area contributed by atoms with Crippen LogP contribution in [-0.4, -0.2) is 36.3 Å². The maximum absolute atomic E-state index is 13.4. The van der Waals surface area contributed by atoms with Gasteiger partial charge in [0, 0.05) is 34.9 Å². The number of nitrogens with zero attached hydrogens (tertiary/aromatic N) is 2. The van der Waals surface area contributed by atoms with Gasteiger partial charge in [-0.25, -0.2) is 4.79 Å². The Kier molecular flexibility index (Phi) is 5.29. The molecule has 0 fully saturated rings. The highest BCUT2D eigenvalue weighted by Crippen LogP contribution is 2.46. The molecule has 0 aliphatic carbocycles. The van der Waals surface area contributed by atoms with Crippen LogP contribution in [0.25, 0.3) is 33.3 Å². The van der Waals surface area contributed by atoms with Crippen LogP contribution in [0.15, 0.2) is 48.7 Å². The first-order valence-corrected chi connectivity index (χ1v) is 11.1. The Morgan fingerprint density at radius 2 is 1.82 bits per heavy atom. The summed E-state index contributed by atoms with van der Waals surface area (Å²) in [5.74, 6) is 0.994. The standard InChI is InChI=1S/C27H26N2O4/c1-5-33-27(30)25-24(19-10-12-28-21-9-7-6-8-18(19)21)16(2)29-13-11-17-14-22(31-3)23(32-4)15-20(17)26(25)29/h6-10,12,14-15H,5,11,13H2,1-4H3. The third kappa shape index (κ3) is 3.25. The quantitative estimate of drug-likeness (QED) is 0.386. The number of para-hydroxylation sites is 1. The number of aryl methyl sites for hydroxylation is 1. The molecule has 168 valence electrons. The molecule has 0 amide bonds. The fourth-order valence-corrected chi connectivity index (χ4v) is 4.92. The van der Waals surface area contributed by atoms with Gasteiger partial charge in [-0.05, 0) is 55.7 Å². The van der Waals surface area contributed by atoms with Gasteiger partial charge in [0.1, 0.15) is 0 Å². The van der Waals surface area contributed by atoms with E-state index in [2.05, 4.69) is 16.5 Å². The van der Waals surface area contributed by atoms with Crippen molar-refractivity contribution >= 4 is 16.9 Å². The summed E-state index contributed by atoms with van der Waals surface area (Å²) in [6, 6.07) is 14.0. The molecular formula is C27H26N2O4. The van der Waals surface area contributed by atoms with Crippen LogP contribution in [0.3, 0.4) is 0 Å². The molecule has 1 aliphatic rings. The minimum Gasteiger partial charge on any atom is -0.493 e. The lowest BCUT2D eigenvalue weighted by molar-refractivity contribution is 0.0528. The van der Waals surface area contributed by atoms with Gasteiger partial charge >= 0.3 is 5.97 Å². The molecule has 0 unspecified atom stereocenters. The van der Waals surface area contributed by atoms with Crippen LogP contribution >= 0.6 is 0 Å². The third-order valence-corrected chi connectivity index (χ3v) is 6.39. The van der Waals surface area contributed by atoms with Crippen molar-refractivity contribution in [1.82, 2.24) is 9.55 Å². The number of esters is 1. The Morgan fingerprint density at radius 1 is 1.06 bits per heavy atom. The van der Waals surface area contributed by atoms with Gasteiger partial charge in [-0.1, -0.05) is 18.2 Å². The Labute approximate surface area is 192 Å². The Morgan fingerprint density at radius 3 is 2.58 bits per heavy atom. The van der Waals surface area contributed by atoms with E-state index < -0.39 is 0 Å². The lowest BCUT2D eigenvalue weighted by Gasteiger charge is -2.23. The molecule has 2 aromatic heterocycles. The monoisotopic (exact) mass is 442 g/mol. The second-order valence-electron chi connectivity index (χ2n) is 8.05. The number of carbonyl (C=O) groups excluding carboxylic acids is 1. The predicted molar refractivity (Wildman–Crippen MR) is 128 cm³/mol. The highest BCUT2D eigenvalue weighted by molar-refractivity contribution is 6.09. The molecular weight excluding hydrogens is 416 g/mol. The van der Waals surface area contributed by atoms with Gasteiger partial charge in [-0.2, -0.15) is 0 Å². The van der Waals surface area contributed by atoms with Crippen LogP contribution in [-0.2, 0) is 17.7 Å². The molecule has 0 radical (unpaired) electrons.